The number of sulfonamides is 1. The fourth-order valence-electron chi connectivity index (χ4n) is 3.42. The van der Waals surface area contributed by atoms with Crippen LogP contribution in [0.15, 0.2) is 60.0 Å². The van der Waals surface area contributed by atoms with Crippen LogP contribution in [0.5, 0.6) is 11.5 Å². The van der Waals surface area contributed by atoms with Crippen molar-refractivity contribution in [2.45, 2.75) is 24.7 Å². The number of nitrogens with one attached hydrogen (secondary N) is 1. The highest BCUT2D eigenvalue weighted by Gasteiger charge is 2.29. The fraction of sp³-hybridized carbons (Fsp3) is 0.348. The number of piperidine rings is 1. The Morgan fingerprint density at radius 3 is 2.65 bits per heavy atom. The van der Waals surface area contributed by atoms with Crippen LogP contribution >= 0.6 is 0 Å². The van der Waals surface area contributed by atoms with Gasteiger partial charge in [0.05, 0.1) is 17.6 Å². The maximum Gasteiger partial charge on any atom is 0.259 e. The molecular formula is C23H28N2O5S. The van der Waals surface area contributed by atoms with Crippen LogP contribution < -0.4 is 14.8 Å². The Kier molecular flexibility index (Phi) is 7.35. The highest BCUT2D eigenvalue weighted by atomic mass is 32.2. The topological polar surface area (TPSA) is 84.9 Å². The van der Waals surface area contributed by atoms with E-state index >= 15 is 0 Å². The Bertz CT molecular complexity index is 1040. The summed E-state index contributed by atoms with van der Waals surface area (Å²) in [4.78, 5) is 13.0. The summed E-state index contributed by atoms with van der Waals surface area (Å²) in [5.41, 5.74) is 0.665. The first-order chi connectivity index (χ1) is 14.8. The molecule has 31 heavy (non-hydrogen) atoms. The summed E-state index contributed by atoms with van der Waals surface area (Å²) in [6.07, 6.45) is 3.28. The zero-order chi connectivity index (χ0) is 22.4. The second kappa shape index (κ2) is 9.98. The first kappa shape index (κ1) is 22.8. The van der Waals surface area contributed by atoms with Gasteiger partial charge in [-0.05, 0) is 49.1 Å². The predicted molar refractivity (Wildman–Crippen MR) is 120 cm³/mol. The average molecular weight is 445 g/mol. The number of anilines is 1. The van der Waals surface area contributed by atoms with Crippen LogP contribution in [0.25, 0.3) is 0 Å². The van der Waals surface area contributed by atoms with Crippen LogP contribution in [-0.4, -0.2) is 45.4 Å². The van der Waals surface area contributed by atoms with Crippen LogP contribution in [0, 0.1) is 5.92 Å². The smallest absolute Gasteiger partial charge is 0.259 e. The maximum absolute atomic E-state index is 13.1. The molecule has 0 saturated carbocycles. The van der Waals surface area contributed by atoms with Crippen molar-refractivity contribution >= 4 is 21.6 Å². The van der Waals surface area contributed by atoms with Crippen LogP contribution in [0.3, 0.4) is 0 Å². The number of carbonyl (C=O) groups excluding carboxylic acids is 1. The van der Waals surface area contributed by atoms with Crippen molar-refractivity contribution in [1.29, 1.82) is 0 Å². The van der Waals surface area contributed by atoms with Crippen molar-refractivity contribution in [3.8, 4) is 11.5 Å². The van der Waals surface area contributed by atoms with Crippen LogP contribution in [-0.2, 0) is 10.0 Å². The molecule has 1 fully saturated rings. The number of nitrogens with zero attached hydrogens (tertiary/aromatic N) is 1. The van der Waals surface area contributed by atoms with Gasteiger partial charge in [0, 0.05) is 24.8 Å². The molecule has 1 aliphatic heterocycles. The van der Waals surface area contributed by atoms with Gasteiger partial charge in [-0.3, -0.25) is 4.79 Å². The van der Waals surface area contributed by atoms with E-state index < -0.39 is 15.9 Å². The van der Waals surface area contributed by atoms with Gasteiger partial charge in [0.1, 0.15) is 18.1 Å². The highest BCUT2D eigenvalue weighted by Crippen LogP contribution is 2.28. The third kappa shape index (κ3) is 5.45. The van der Waals surface area contributed by atoms with Crippen molar-refractivity contribution < 1.29 is 22.7 Å². The molecule has 3 rings (SSSR count). The molecule has 0 radical (unpaired) electrons. The van der Waals surface area contributed by atoms with E-state index in [0.29, 0.717) is 42.8 Å². The third-order valence-electron chi connectivity index (χ3n) is 5.26. The normalized spacial score (nSPS) is 15.3. The summed E-state index contributed by atoms with van der Waals surface area (Å²) in [6, 6.07) is 11.3. The van der Waals surface area contributed by atoms with Gasteiger partial charge in [0.25, 0.3) is 5.91 Å². The molecule has 8 heteroatoms. The summed E-state index contributed by atoms with van der Waals surface area (Å²) >= 11 is 0. The molecule has 1 amide bonds. The molecule has 166 valence electrons. The number of amides is 1. The van der Waals surface area contributed by atoms with Crippen LogP contribution in [0.1, 0.15) is 30.1 Å². The first-order valence-electron chi connectivity index (χ1n) is 10.2. The van der Waals surface area contributed by atoms with Crippen LogP contribution in [0.2, 0.25) is 0 Å². The zero-order valence-electron chi connectivity index (χ0n) is 17.8. The van der Waals surface area contributed by atoms with Gasteiger partial charge >= 0.3 is 0 Å². The van der Waals surface area contributed by atoms with Gasteiger partial charge in [-0.25, -0.2) is 8.42 Å². The molecule has 7 nitrogen and oxygen atoms in total. The minimum atomic E-state index is -3.69. The Balaban J connectivity index is 1.85. The lowest BCUT2D eigenvalue weighted by Gasteiger charge is -2.29. The van der Waals surface area contributed by atoms with Gasteiger partial charge < -0.3 is 14.8 Å². The van der Waals surface area contributed by atoms with E-state index in [9.17, 15) is 13.2 Å². The number of benzene rings is 2. The standard InChI is InChI=1S/C23H28N2O5S/c1-4-14-30-19-7-5-6-18(15-19)24-23(26)21-16-20(8-9-22(21)29-3)31(27,28)25-12-10-17(2)11-13-25/h4-9,15-17H,1,10-14H2,2-3H3,(H,24,26). The van der Waals surface area contributed by atoms with E-state index in [1.807, 2.05) is 0 Å². The van der Waals surface area contributed by atoms with Crippen molar-refractivity contribution in [3.05, 3.63) is 60.7 Å². The Hall–Kier alpha value is -2.84. The molecule has 1 saturated heterocycles. The third-order valence-corrected chi connectivity index (χ3v) is 7.15. The fourth-order valence-corrected chi connectivity index (χ4v) is 4.91. The van der Waals surface area contributed by atoms with E-state index in [2.05, 4.69) is 18.8 Å². The molecule has 2 aromatic carbocycles. The van der Waals surface area contributed by atoms with Crippen LogP contribution in [0.4, 0.5) is 5.69 Å². The van der Waals surface area contributed by atoms with E-state index in [0.717, 1.165) is 12.8 Å². The second-order valence-electron chi connectivity index (χ2n) is 7.53. The molecule has 0 bridgehead atoms. The number of carbonyl (C=O) groups is 1. The quantitative estimate of drug-likeness (QED) is 0.624. The molecule has 2 aromatic rings. The largest absolute Gasteiger partial charge is 0.496 e. The summed E-state index contributed by atoms with van der Waals surface area (Å²) in [6.45, 7) is 7.04. The number of hydrogen-bond donors (Lipinski definition) is 1. The molecular weight excluding hydrogens is 416 g/mol. The van der Waals surface area contributed by atoms with Gasteiger partial charge in [-0.15, -0.1) is 0 Å². The predicted octanol–water partition coefficient (Wildman–Crippen LogP) is 3.93. The zero-order valence-corrected chi connectivity index (χ0v) is 18.7. The van der Waals surface area contributed by atoms with Crippen molar-refractivity contribution in [1.82, 2.24) is 4.31 Å². The van der Waals surface area contributed by atoms with Crippen molar-refractivity contribution in [2.24, 2.45) is 5.92 Å². The van der Waals surface area contributed by atoms with E-state index in [1.165, 1.54) is 29.6 Å². The molecule has 1 heterocycles. The van der Waals surface area contributed by atoms with Gasteiger partial charge in [0.2, 0.25) is 10.0 Å². The average Bonchev–Trinajstić information content (AvgIpc) is 2.77. The lowest BCUT2D eigenvalue weighted by molar-refractivity contribution is 0.102. The number of methoxy groups -OCH3 is 1. The molecule has 0 aromatic heterocycles. The molecule has 0 atom stereocenters. The van der Waals surface area contributed by atoms with Crippen molar-refractivity contribution in [2.75, 3.05) is 32.1 Å². The number of hydrogen-bond acceptors (Lipinski definition) is 5. The van der Waals surface area contributed by atoms with Gasteiger partial charge in [-0.2, -0.15) is 4.31 Å². The Labute approximate surface area is 183 Å². The lowest BCUT2D eigenvalue weighted by Crippen LogP contribution is -2.37. The first-order valence-corrected chi connectivity index (χ1v) is 11.6. The molecule has 1 aliphatic rings. The number of rotatable bonds is 8. The van der Waals surface area contributed by atoms with Gasteiger partial charge in [-0.1, -0.05) is 25.6 Å². The van der Waals surface area contributed by atoms with E-state index in [-0.39, 0.29) is 10.5 Å². The maximum atomic E-state index is 13.1. The minimum absolute atomic E-state index is 0.0797. The summed E-state index contributed by atoms with van der Waals surface area (Å²) < 4.78 is 38.5. The SMILES string of the molecule is C=CCOc1cccc(NC(=O)c2cc(S(=O)(=O)N3CCC(C)CC3)ccc2OC)c1. The second-order valence-corrected chi connectivity index (χ2v) is 9.47. The lowest BCUT2D eigenvalue weighted by atomic mass is 10.0. The molecule has 0 unspecified atom stereocenters. The van der Waals surface area contributed by atoms with Gasteiger partial charge in [0.15, 0.2) is 0 Å². The Morgan fingerprint density at radius 1 is 1.23 bits per heavy atom. The Morgan fingerprint density at radius 2 is 1.97 bits per heavy atom. The highest BCUT2D eigenvalue weighted by molar-refractivity contribution is 7.89. The monoisotopic (exact) mass is 444 g/mol. The van der Waals surface area contributed by atoms with E-state index in [1.54, 1.807) is 30.3 Å². The van der Waals surface area contributed by atoms with E-state index in [4.69, 9.17) is 9.47 Å². The summed E-state index contributed by atoms with van der Waals surface area (Å²) in [5, 5.41) is 2.78. The minimum Gasteiger partial charge on any atom is -0.496 e. The summed E-state index contributed by atoms with van der Waals surface area (Å²) in [5.74, 6) is 0.917. The molecule has 0 spiro atoms. The molecule has 0 aliphatic carbocycles. The number of ether oxygens (including phenoxy) is 2. The summed E-state index contributed by atoms with van der Waals surface area (Å²) in [7, 11) is -2.25. The van der Waals surface area contributed by atoms with Crippen molar-refractivity contribution in [3.63, 3.8) is 0 Å². The molecule has 1 N–H and O–H groups in total.